The molecule has 6 heteroatoms. The number of halogens is 2. The number of rotatable bonds is 5. The van der Waals surface area contributed by atoms with E-state index in [1.165, 1.54) is 38.0 Å². The van der Waals surface area contributed by atoms with E-state index >= 15 is 0 Å². The number of aromatic amines is 1. The second-order valence-electron chi connectivity index (χ2n) is 5.92. The molecule has 0 bridgehead atoms. The van der Waals surface area contributed by atoms with Crippen molar-refractivity contribution in [1.29, 1.82) is 0 Å². The summed E-state index contributed by atoms with van der Waals surface area (Å²) in [5.41, 5.74) is 3.29. The summed E-state index contributed by atoms with van der Waals surface area (Å²) in [6, 6.07) is 8.25. The van der Waals surface area contributed by atoms with E-state index in [-0.39, 0.29) is 12.4 Å². The molecule has 1 saturated heterocycles. The van der Waals surface area contributed by atoms with Crippen LogP contribution in [0.1, 0.15) is 25.0 Å². The fourth-order valence-electron chi connectivity index (χ4n) is 3.18. The van der Waals surface area contributed by atoms with Crippen molar-refractivity contribution in [2.24, 2.45) is 0 Å². The van der Waals surface area contributed by atoms with Crippen LogP contribution in [0.3, 0.4) is 0 Å². The quantitative estimate of drug-likeness (QED) is 0.757. The van der Waals surface area contributed by atoms with Crippen LogP contribution in [-0.2, 0) is 6.54 Å². The summed E-state index contributed by atoms with van der Waals surface area (Å²) >= 11 is 3.54. The lowest BCUT2D eigenvalue weighted by atomic mass is 10.1. The summed E-state index contributed by atoms with van der Waals surface area (Å²) in [5.74, 6) is 1.48. The number of piperidine rings is 1. The van der Waals surface area contributed by atoms with Gasteiger partial charge in [-0.1, -0.05) is 22.4 Å². The molecule has 2 aromatic rings. The zero-order valence-corrected chi connectivity index (χ0v) is 16.5. The van der Waals surface area contributed by atoms with Crippen LogP contribution in [0.5, 0.6) is 11.5 Å². The van der Waals surface area contributed by atoms with Gasteiger partial charge in [0.15, 0.2) is 11.5 Å². The largest absolute Gasteiger partial charge is 0.493 e. The average molecular weight is 416 g/mol. The molecule has 4 nitrogen and oxygen atoms in total. The van der Waals surface area contributed by atoms with Gasteiger partial charge in [-0.15, -0.1) is 12.4 Å². The monoisotopic (exact) mass is 414 g/mol. The summed E-state index contributed by atoms with van der Waals surface area (Å²) in [7, 11) is 3.33. The molecule has 24 heavy (non-hydrogen) atoms. The molecule has 1 aromatic heterocycles. The van der Waals surface area contributed by atoms with Crippen LogP contribution in [0.15, 0.2) is 28.7 Å². The lowest BCUT2D eigenvalue weighted by molar-refractivity contribution is 0.219. The number of nitrogens with one attached hydrogen (secondary N) is 1. The highest BCUT2D eigenvalue weighted by Gasteiger charge is 2.16. The highest BCUT2D eigenvalue weighted by molar-refractivity contribution is 9.10. The Bertz CT molecular complexity index is 669. The number of benzene rings is 1. The zero-order chi connectivity index (χ0) is 16.2. The van der Waals surface area contributed by atoms with Gasteiger partial charge in [-0.25, -0.2) is 0 Å². The Morgan fingerprint density at radius 1 is 1.08 bits per heavy atom. The fourth-order valence-corrected chi connectivity index (χ4v) is 3.62. The van der Waals surface area contributed by atoms with E-state index in [0.717, 1.165) is 33.8 Å². The van der Waals surface area contributed by atoms with Gasteiger partial charge in [0.25, 0.3) is 0 Å². The number of hydrogen-bond acceptors (Lipinski definition) is 3. The molecule has 1 aliphatic rings. The molecule has 0 saturated carbocycles. The van der Waals surface area contributed by atoms with Gasteiger partial charge in [0.2, 0.25) is 0 Å². The molecule has 1 N–H and O–H groups in total. The van der Waals surface area contributed by atoms with Crippen LogP contribution in [0.2, 0.25) is 0 Å². The predicted octanol–water partition coefficient (Wildman–Crippen LogP) is 4.87. The molecule has 0 amide bonds. The molecular formula is C18H24BrClN2O2. The summed E-state index contributed by atoms with van der Waals surface area (Å²) in [6.07, 6.45) is 3.98. The van der Waals surface area contributed by atoms with Crippen LogP contribution in [0.25, 0.3) is 11.3 Å². The first kappa shape index (κ1) is 19.2. The Morgan fingerprint density at radius 2 is 1.83 bits per heavy atom. The Morgan fingerprint density at radius 3 is 2.50 bits per heavy atom. The summed E-state index contributed by atoms with van der Waals surface area (Å²) < 4.78 is 12.0. The average Bonchev–Trinajstić information content (AvgIpc) is 3.03. The minimum atomic E-state index is 0. The molecule has 1 fully saturated rings. The molecule has 0 unspecified atom stereocenters. The molecule has 0 atom stereocenters. The number of H-pyrrole nitrogens is 1. The van der Waals surface area contributed by atoms with Crippen molar-refractivity contribution >= 4 is 28.3 Å². The zero-order valence-electron chi connectivity index (χ0n) is 14.1. The van der Waals surface area contributed by atoms with Crippen LogP contribution in [-0.4, -0.2) is 37.2 Å². The topological polar surface area (TPSA) is 37.5 Å². The van der Waals surface area contributed by atoms with E-state index in [9.17, 15) is 0 Å². The third-order valence-corrected chi connectivity index (χ3v) is 4.78. The van der Waals surface area contributed by atoms with Crippen molar-refractivity contribution in [2.45, 2.75) is 25.8 Å². The van der Waals surface area contributed by atoms with Crippen molar-refractivity contribution < 1.29 is 9.47 Å². The number of hydrogen-bond donors (Lipinski definition) is 1. The van der Waals surface area contributed by atoms with E-state index < -0.39 is 0 Å². The van der Waals surface area contributed by atoms with Gasteiger partial charge >= 0.3 is 0 Å². The Hall–Kier alpha value is -1.17. The van der Waals surface area contributed by atoms with Gasteiger partial charge in [-0.3, -0.25) is 4.90 Å². The minimum absolute atomic E-state index is 0. The Kier molecular flexibility index (Phi) is 7.02. The first-order chi connectivity index (χ1) is 11.2. The summed E-state index contributed by atoms with van der Waals surface area (Å²) in [6.45, 7) is 3.37. The third-order valence-electron chi connectivity index (χ3n) is 4.32. The molecule has 1 aliphatic heterocycles. The third kappa shape index (κ3) is 4.26. The Labute approximate surface area is 158 Å². The highest BCUT2D eigenvalue weighted by atomic mass is 79.9. The highest BCUT2D eigenvalue weighted by Crippen LogP contribution is 2.40. The van der Waals surface area contributed by atoms with Crippen molar-refractivity contribution in [3.63, 3.8) is 0 Å². The second-order valence-corrected chi connectivity index (χ2v) is 6.84. The number of aromatic nitrogens is 1. The van der Waals surface area contributed by atoms with E-state index in [1.807, 2.05) is 6.07 Å². The van der Waals surface area contributed by atoms with Crippen LogP contribution in [0, 0.1) is 0 Å². The summed E-state index contributed by atoms with van der Waals surface area (Å²) in [5, 5.41) is 0. The fraction of sp³-hybridized carbons (Fsp3) is 0.444. The lowest BCUT2D eigenvalue weighted by Crippen LogP contribution is -2.29. The second kappa shape index (κ2) is 8.79. The van der Waals surface area contributed by atoms with Crippen molar-refractivity contribution in [1.82, 2.24) is 9.88 Å². The molecule has 132 valence electrons. The SMILES string of the molecule is COc1cc(Br)cc(-c2ccc(CN3CCCCC3)[nH]2)c1OC.Cl. The normalized spacial score (nSPS) is 15.0. The molecule has 2 heterocycles. The maximum Gasteiger partial charge on any atom is 0.170 e. The lowest BCUT2D eigenvalue weighted by Gasteiger charge is -2.25. The number of ether oxygens (including phenoxy) is 2. The number of nitrogens with zero attached hydrogens (tertiary/aromatic N) is 1. The summed E-state index contributed by atoms with van der Waals surface area (Å²) in [4.78, 5) is 6.04. The van der Waals surface area contributed by atoms with Crippen molar-refractivity contribution in [2.75, 3.05) is 27.3 Å². The standard InChI is InChI=1S/C18H23BrN2O2.ClH/c1-22-17-11-13(19)10-15(18(17)23-2)16-7-6-14(20-16)12-21-8-4-3-5-9-21;/h6-7,10-11,20H,3-5,8-9,12H2,1-2H3;1H. The van der Waals surface area contributed by atoms with Gasteiger partial charge in [-0.2, -0.15) is 0 Å². The van der Waals surface area contributed by atoms with Crippen molar-refractivity contribution in [3.8, 4) is 22.8 Å². The number of likely N-dealkylation sites (tertiary alicyclic amines) is 1. The molecule has 0 aliphatic carbocycles. The first-order valence-corrected chi connectivity index (χ1v) is 8.82. The smallest absolute Gasteiger partial charge is 0.170 e. The van der Waals surface area contributed by atoms with Gasteiger partial charge in [0.05, 0.1) is 14.2 Å². The van der Waals surface area contributed by atoms with E-state index in [2.05, 4.69) is 44.0 Å². The number of methoxy groups -OCH3 is 2. The maximum atomic E-state index is 5.56. The molecule has 0 spiro atoms. The van der Waals surface area contributed by atoms with Crippen LogP contribution in [0.4, 0.5) is 0 Å². The molecule has 3 rings (SSSR count). The van der Waals surface area contributed by atoms with Crippen molar-refractivity contribution in [3.05, 3.63) is 34.4 Å². The molecule has 1 aromatic carbocycles. The maximum absolute atomic E-state index is 5.56. The molecular weight excluding hydrogens is 392 g/mol. The van der Waals surface area contributed by atoms with E-state index in [0.29, 0.717) is 0 Å². The van der Waals surface area contributed by atoms with Gasteiger partial charge in [0.1, 0.15) is 0 Å². The van der Waals surface area contributed by atoms with Crippen LogP contribution >= 0.6 is 28.3 Å². The first-order valence-electron chi connectivity index (χ1n) is 8.03. The molecule has 0 radical (unpaired) electrons. The minimum Gasteiger partial charge on any atom is -0.493 e. The van der Waals surface area contributed by atoms with E-state index in [4.69, 9.17) is 9.47 Å². The van der Waals surface area contributed by atoms with Crippen LogP contribution < -0.4 is 9.47 Å². The van der Waals surface area contributed by atoms with Gasteiger partial charge < -0.3 is 14.5 Å². The predicted molar refractivity (Wildman–Crippen MR) is 103 cm³/mol. The van der Waals surface area contributed by atoms with Gasteiger partial charge in [-0.05, 0) is 50.2 Å². The van der Waals surface area contributed by atoms with E-state index in [1.54, 1.807) is 14.2 Å². The van der Waals surface area contributed by atoms with Gasteiger partial charge in [0, 0.05) is 28.0 Å². The Balaban J connectivity index is 0.00000208.